The minimum atomic E-state index is -0.447. The van der Waals surface area contributed by atoms with E-state index in [9.17, 15) is 9.90 Å². The first kappa shape index (κ1) is 15.1. The van der Waals surface area contributed by atoms with Gasteiger partial charge < -0.3 is 9.84 Å². The molecule has 1 atom stereocenters. The first-order chi connectivity index (χ1) is 10.7. The molecule has 0 saturated heterocycles. The van der Waals surface area contributed by atoms with Crippen LogP contribution in [0, 0.1) is 0 Å². The van der Waals surface area contributed by atoms with Crippen molar-refractivity contribution in [2.45, 2.75) is 63.4 Å². The Kier molecular flexibility index (Phi) is 4.23. The highest BCUT2D eigenvalue weighted by Gasteiger charge is 2.44. The van der Waals surface area contributed by atoms with E-state index in [0.717, 1.165) is 37.7 Å². The van der Waals surface area contributed by atoms with E-state index in [4.69, 9.17) is 4.74 Å². The van der Waals surface area contributed by atoms with Crippen LogP contribution in [-0.4, -0.2) is 16.7 Å². The molecule has 1 fully saturated rings. The maximum Gasteiger partial charge on any atom is 0.338 e. The topological polar surface area (TPSA) is 46.5 Å². The Morgan fingerprint density at radius 1 is 1.18 bits per heavy atom. The van der Waals surface area contributed by atoms with Gasteiger partial charge in [-0.15, -0.1) is 0 Å². The number of carbonyl (C=O) groups excluding carboxylic acids is 1. The second kappa shape index (κ2) is 6.15. The molecule has 3 rings (SSSR count). The van der Waals surface area contributed by atoms with Crippen LogP contribution in [0.1, 0.15) is 63.4 Å². The van der Waals surface area contributed by atoms with Crippen molar-refractivity contribution >= 4 is 5.97 Å². The third-order valence-corrected chi connectivity index (χ3v) is 5.05. The molecule has 1 aliphatic heterocycles. The number of aliphatic hydroxyl groups excluding tert-OH is 1. The lowest BCUT2D eigenvalue weighted by molar-refractivity contribution is -0.163. The van der Waals surface area contributed by atoms with Crippen molar-refractivity contribution in [3.8, 4) is 0 Å². The second-order valence-electron chi connectivity index (χ2n) is 6.54. The van der Waals surface area contributed by atoms with Gasteiger partial charge in [0, 0.05) is 12.3 Å². The van der Waals surface area contributed by atoms with E-state index in [0.29, 0.717) is 12.0 Å². The number of rotatable bonds is 3. The highest BCUT2D eigenvalue weighted by atomic mass is 16.6. The Morgan fingerprint density at radius 2 is 1.86 bits per heavy atom. The molecular weight excluding hydrogens is 276 g/mol. The molecule has 0 bridgehead atoms. The minimum absolute atomic E-state index is 0.0883. The van der Waals surface area contributed by atoms with Crippen LogP contribution in [0.3, 0.4) is 0 Å². The van der Waals surface area contributed by atoms with E-state index in [1.165, 1.54) is 6.42 Å². The molecular formula is C19H24O3. The van der Waals surface area contributed by atoms with E-state index in [-0.39, 0.29) is 17.6 Å². The number of hydrogen-bond donors (Lipinski definition) is 1. The summed E-state index contributed by atoms with van der Waals surface area (Å²) < 4.78 is 5.85. The molecule has 3 nitrogen and oxygen atoms in total. The van der Waals surface area contributed by atoms with Crippen molar-refractivity contribution in [2.75, 3.05) is 0 Å². The predicted molar refractivity (Wildman–Crippen MR) is 85.7 cm³/mol. The number of carbonyl (C=O) groups is 1. The molecule has 1 aromatic carbocycles. The summed E-state index contributed by atoms with van der Waals surface area (Å²) in [4.78, 5) is 12.6. The number of esters is 1. The SMILES string of the molecule is CCC(C1=C(O)CC2(CCCCC2)OC1=O)c1ccccc1. The van der Waals surface area contributed by atoms with Gasteiger partial charge in [0.15, 0.2) is 0 Å². The van der Waals surface area contributed by atoms with Crippen LogP contribution in [0.2, 0.25) is 0 Å². The van der Waals surface area contributed by atoms with E-state index >= 15 is 0 Å². The zero-order chi connectivity index (χ0) is 15.6. The third kappa shape index (κ3) is 2.77. The molecule has 1 aliphatic carbocycles. The molecule has 0 amide bonds. The molecule has 1 saturated carbocycles. The third-order valence-electron chi connectivity index (χ3n) is 5.05. The molecule has 3 heteroatoms. The second-order valence-corrected chi connectivity index (χ2v) is 6.54. The standard InChI is InChI=1S/C19H24O3/c1-2-15(14-9-5-3-6-10-14)17-16(20)13-19(22-18(17)21)11-7-4-8-12-19/h3,5-6,9-10,15,20H,2,4,7-8,11-13H2,1H3. The summed E-state index contributed by atoms with van der Waals surface area (Å²) in [6.07, 6.45) is 6.34. The fraction of sp³-hybridized carbons (Fsp3) is 0.526. The molecule has 1 N–H and O–H groups in total. The van der Waals surface area contributed by atoms with Gasteiger partial charge in [0.1, 0.15) is 11.4 Å². The van der Waals surface area contributed by atoms with Crippen molar-refractivity contribution < 1.29 is 14.6 Å². The van der Waals surface area contributed by atoms with Gasteiger partial charge in [0.25, 0.3) is 0 Å². The summed E-state index contributed by atoms with van der Waals surface area (Å²) >= 11 is 0. The molecule has 1 spiro atoms. The van der Waals surface area contributed by atoms with Gasteiger partial charge in [0.05, 0.1) is 5.57 Å². The first-order valence-electron chi connectivity index (χ1n) is 8.35. The van der Waals surface area contributed by atoms with E-state index in [2.05, 4.69) is 0 Å². The quantitative estimate of drug-likeness (QED) is 0.827. The lowest BCUT2D eigenvalue weighted by Crippen LogP contribution is -2.42. The minimum Gasteiger partial charge on any atom is -0.512 e. The van der Waals surface area contributed by atoms with Crippen LogP contribution in [-0.2, 0) is 9.53 Å². The van der Waals surface area contributed by atoms with Crippen LogP contribution in [0.15, 0.2) is 41.7 Å². The highest BCUT2D eigenvalue weighted by Crippen LogP contribution is 2.43. The van der Waals surface area contributed by atoms with Crippen LogP contribution in [0.25, 0.3) is 0 Å². The van der Waals surface area contributed by atoms with Crippen molar-refractivity contribution in [3.63, 3.8) is 0 Å². The number of aliphatic hydroxyl groups is 1. The molecule has 2 aliphatic rings. The van der Waals surface area contributed by atoms with Crippen molar-refractivity contribution in [1.29, 1.82) is 0 Å². The highest BCUT2D eigenvalue weighted by molar-refractivity contribution is 5.92. The molecule has 1 aromatic rings. The van der Waals surface area contributed by atoms with Crippen LogP contribution in [0.4, 0.5) is 0 Å². The number of benzene rings is 1. The van der Waals surface area contributed by atoms with Crippen molar-refractivity contribution in [2.24, 2.45) is 0 Å². The van der Waals surface area contributed by atoms with Gasteiger partial charge in [-0.1, -0.05) is 43.7 Å². The summed E-state index contributed by atoms with van der Waals surface area (Å²) in [6, 6.07) is 9.90. The van der Waals surface area contributed by atoms with Crippen molar-refractivity contribution in [1.82, 2.24) is 0 Å². The van der Waals surface area contributed by atoms with Gasteiger partial charge in [0.2, 0.25) is 0 Å². The normalized spacial score (nSPS) is 22.5. The summed E-state index contributed by atoms with van der Waals surface area (Å²) in [7, 11) is 0. The number of ether oxygens (including phenoxy) is 1. The van der Waals surface area contributed by atoms with E-state index in [1.807, 2.05) is 37.3 Å². The zero-order valence-corrected chi connectivity index (χ0v) is 13.2. The van der Waals surface area contributed by atoms with Crippen molar-refractivity contribution in [3.05, 3.63) is 47.2 Å². The van der Waals surface area contributed by atoms with Crippen LogP contribution >= 0.6 is 0 Å². The lowest BCUT2D eigenvalue weighted by Gasteiger charge is -2.40. The van der Waals surface area contributed by atoms with E-state index < -0.39 is 5.60 Å². The molecule has 22 heavy (non-hydrogen) atoms. The Hall–Kier alpha value is -1.77. The number of hydrogen-bond acceptors (Lipinski definition) is 3. The molecule has 0 radical (unpaired) electrons. The van der Waals surface area contributed by atoms with E-state index in [1.54, 1.807) is 0 Å². The lowest BCUT2D eigenvalue weighted by atomic mass is 9.77. The fourth-order valence-corrected chi connectivity index (χ4v) is 3.92. The average molecular weight is 300 g/mol. The van der Waals surface area contributed by atoms with Gasteiger partial charge in [-0.3, -0.25) is 0 Å². The summed E-state index contributed by atoms with van der Waals surface area (Å²) in [6.45, 7) is 2.04. The maximum absolute atomic E-state index is 12.6. The maximum atomic E-state index is 12.6. The molecule has 118 valence electrons. The average Bonchev–Trinajstić information content (AvgIpc) is 2.52. The van der Waals surface area contributed by atoms with Crippen LogP contribution in [0.5, 0.6) is 0 Å². The fourth-order valence-electron chi connectivity index (χ4n) is 3.92. The summed E-state index contributed by atoms with van der Waals surface area (Å²) in [5, 5.41) is 10.6. The Morgan fingerprint density at radius 3 is 2.45 bits per heavy atom. The largest absolute Gasteiger partial charge is 0.512 e. The Bertz CT molecular complexity index is 568. The Balaban J connectivity index is 1.92. The summed E-state index contributed by atoms with van der Waals surface area (Å²) in [5.74, 6) is -0.162. The predicted octanol–water partition coefficient (Wildman–Crippen LogP) is 4.64. The summed E-state index contributed by atoms with van der Waals surface area (Å²) in [5.41, 5.74) is 1.07. The smallest absolute Gasteiger partial charge is 0.338 e. The van der Waals surface area contributed by atoms with Gasteiger partial charge in [-0.2, -0.15) is 0 Å². The van der Waals surface area contributed by atoms with Gasteiger partial charge >= 0.3 is 5.97 Å². The molecule has 1 unspecified atom stereocenters. The molecule has 1 heterocycles. The first-order valence-corrected chi connectivity index (χ1v) is 8.35. The zero-order valence-electron chi connectivity index (χ0n) is 13.2. The Labute approximate surface area is 132 Å². The van der Waals surface area contributed by atoms with Crippen LogP contribution < -0.4 is 0 Å². The van der Waals surface area contributed by atoms with Gasteiger partial charge in [-0.25, -0.2) is 4.79 Å². The van der Waals surface area contributed by atoms with Gasteiger partial charge in [-0.05, 0) is 37.7 Å². The molecule has 0 aromatic heterocycles. The monoisotopic (exact) mass is 300 g/mol.